The topological polar surface area (TPSA) is 129 Å². The second kappa shape index (κ2) is 12.2. The van der Waals surface area contributed by atoms with Crippen molar-refractivity contribution in [2.24, 2.45) is 5.92 Å². The molecule has 2 N–H and O–H groups in total. The number of rotatable bonds is 8. The Hall–Kier alpha value is -3.84. The number of hydrogen-bond acceptors (Lipinski definition) is 8. The van der Waals surface area contributed by atoms with Crippen molar-refractivity contribution in [3.63, 3.8) is 0 Å². The van der Waals surface area contributed by atoms with Crippen LogP contribution in [0.3, 0.4) is 0 Å². The van der Waals surface area contributed by atoms with Gasteiger partial charge in [0.2, 0.25) is 10.0 Å². The minimum absolute atomic E-state index is 0.0203. The fourth-order valence-corrected chi connectivity index (χ4v) is 6.89. The highest BCUT2D eigenvalue weighted by Gasteiger charge is 2.36. The van der Waals surface area contributed by atoms with Gasteiger partial charge in [-0.1, -0.05) is 43.3 Å². The largest absolute Gasteiger partial charge is 0.486 e. The van der Waals surface area contributed by atoms with Gasteiger partial charge in [0.1, 0.15) is 6.10 Å². The van der Waals surface area contributed by atoms with Crippen molar-refractivity contribution in [2.45, 2.75) is 30.9 Å². The number of likely N-dealkylation sites (N-methyl/N-ethyl adjacent to an activating group) is 1. The molecule has 0 fully saturated rings. The summed E-state index contributed by atoms with van der Waals surface area (Å²) in [6.45, 7) is 3.56. The Morgan fingerprint density at radius 2 is 1.86 bits per heavy atom. The number of thiazole rings is 1. The summed E-state index contributed by atoms with van der Waals surface area (Å²) in [7, 11) is -2.34. The summed E-state index contributed by atoms with van der Waals surface area (Å²) in [4.78, 5) is 33.2. The van der Waals surface area contributed by atoms with Gasteiger partial charge >= 0.3 is 0 Å². The van der Waals surface area contributed by atoms with E-state index in [4.69, 9.17) is 4.74 Å². The number of sulfonamides is 1. The predicted molar refractivity (Wildman–Crippen MR) is 161 cm³/mol. The van der Waals surface area contributed by atoms with Gasteiger partial charge in [0.25, 0.3) is 11.8 Å². The van der Waals surface area contributed by atoms with Crippen LogP contribution >= 0.6 is 11.3 Å². The first-order valence-corrected chi connectivity index (χ1v) is 15.8. The molecular formula is C30H32N4O6S2. The highest BCUT2D eigenvalue weighted by molar-refractivity contribution is 7.89. The molecule has 0 spiro atoms. The number of aliphatic hydroxyl groups excluding tert-OH is 1. The molecule has 1 aliphatic rings. The summed E-state index contributed by atoms with van der Waals surface area (Å²) < 4.78 is 35.2. The number of hydrogen-bond donors (Lipinski definition) is 2. The number of fused-ring (bicyclic) bond motifs is 2. The van der Waals surface area contributed by atoms with Crippen LogP contribution in [0, 0.1) is 5.92 Å². The molecule has 0 radical (unpaired) electrons. The lowest BCUT2D eigenvalue weighted by Crippen LogP contribution is -2.50. The molecule has 3 atom stereocenters. The smallest absolute Gasteiger partial charge is 0.284 e. The number of nitrogens with one attached hydrogen (secondary N) is 1. The Morgan fingerprint density at radius 1 is 1.14 bits per heavy atom. The molecule has 4 aromatic rings. The Morgan fingerprint density at radius 3 is 2.57 bits per heavy atom. The van der Waals surface area contributed by atoms with Gasteiger partial charge in [-0.2, -0.15) is 4.31 Å². The van der Waals surface area contributed by atoms with E-state index in [9.17, 15) is 23.1 Å². The van der Waals surface area contributed by atoms with Gasteiger partial charge in [0.15, 0.2) is 10.8 Å². The Kier molecular flexibility index (Phi) is 8.60. The SMILES string of the molecule is C[C@H]1CN([C@@H](C)CO)C(=O)c2cccc(NC(=O)c3nc4ccccc4s3)c2O[C@H]1CN(C)S(=O)(=O)c1ccccc1. The van der Waals surface area contributed by atoms with E-state index in [1.165, 1.54) is 34.8 Å². The van der Waals surface area contributed by atoms with Crippen LogP contribution in [0.25, 0.3) is 10.2 Å². The van der Waals surface area contributed by atoms with E-state index in [2.05, 4.69) is 10.3 Å². The molecule has 3 aromatic carbocycles. The van der Waals surface area contributed by atoms with E-state index >= 15 is 0 Å². The quantitative estimate of drug-likeness (QED) is 0.308. The standard InChI is InChI=1S/C30H32N4O6S2/c1-19-16-34(20(2)18-35)30(37)22-12-9-14-24(31-28(36)29-32-23-13-7-8-15-26(23)41-29)27(22)40-25(19)17-33(3)42(38,39)21-10-5-4-6-11-21/h4-15,19-20,25,35H,16-18H2,1-3H3,(H,31,36)/t19-,20-,25-/m0/s1. The number of carbonyl (C=O) groups excluding carboxylic acids is 2. The fraction of sp³-hybridized carbons (Fsp3) is 0.300. The molecule has 2 heterocycles. The number of para-hydroxylation sites is 2. The van der Waals surface area contributed by atoms with E-state index in [-0.39, 0.29) is 58.4 Å². The first-order valence-electron chi connectivity index (χ1n) is 13.5. The third kappa shape index (κ3) is 5.88. The van der Waals surface area contributed by atoms with E-state index < -0.39 is 28.1 Å². The summed E-state index contributed by atoms with van der Waals surface area (Å²) in [5.41, 5.74) is 1.16. The number of benzene rings is 3. The fourth-order valence-electron chi connectivity index (χ4n) is 4.83. The number of amides is 2. The second-order valence-corrected chi connectivity index (χ2v) is 13.4. The molecule has 12 heteroatoms. The molecule has 2 amide bonds. The minimum atomic E-state index is -3.83. The van der Waals surface area contributed by atoms with Gasteiger partial charge in [-0.05, 0) is 43.3 Å². The average molecular weight is 609 g/mol. The van der Waals surface area contributed by atoms with E-state index in [1.807, 2.05) is 31.2 Å². The third-order valence-corrected chi connectivity index (χ3v) is 10.2. The number of ether oxygens (including phenoxy) is 1. The zero-order valence-corrected chi connectivity index (χ0v) is 25.1. The van der Waals surface area contributed by atoms with Crippen molar-refractivity contribution >= 4 is 49.1 Å². The van der Waals surface area contributed by atoms with E-state index in [1.54, 1.807) is 48.2 Å². The minimum Gasteiger partial charge on any atom is -0.486 e. The van der Waals surface area contributed by atoms with Crippen molar-refractivity contribution in [3.8, 4) is 5.75 Å². The summed E-state index contributed by atoms with van der Waals surface area (Å²) in [5, 5.41) is 13.0. The molecule has 42 heavy (non-hydrogen) atoms. The third-order valence-electron chi connectivity index (χ3n) is 7.32. The van der Waals surface area contributed by atoms with Crippen molar-refractivity contribution in [2.75, 3.05) is 32.1 Å². The predicted octanol–water partition coefficient (Wildman–Crippen LogP) is 4.09. The monoisotopic (exact) mass is 608 g/mol. The number of aliphatic hydroxyl groups is 1. The van der Waals surface area contributed by atoms with Crippen LogP contribution in [-0.2, 0) is 10.0 Å². The van der Waals surface area contributed by atoms with Crippen LogP contribution < -0.4 is 10.1 Å². The van der Waals surface area contributed by atoms with Crippen LogP contribution in [0.5, 0.6) is 5.75 Å². The van der Waals surface area contributed by atoms with Gasteiger partial charge in [-0.25, -0.2) is 13.4 Å². The average Bonchev–Trinajstić information content (AvgIpc) is 3.44. The van der Waals surface area contributed by atoms with E-state index in [0.29, 0.717) is 5.52 Å². The van der Waals surface area contributed by atoms with Crippen molar-refractivity contribution in [1.82, 2.24) is 14.2 Å². The maximum atomic E-state index is 13.7. The van der Waals surface area contributed by atoms with Crippen LogP contribution in [-0.4, -0.2) is 78.4 Å². The second-order valence-electron chi connectivity index (χ2n) is 10.3. The molecular weight excluding hydrogens is 576 g/mol. The number of aromatic nitrogens is 1. The molecule has 1 aliphatic heterocycles. The summed E-state index contributed by atoms with van der Waals surface area (Å²) in [5.74, 6) is -1.03. The molecule has 0 unspecified atom stereocenters. The lowest BCUT2D eigenvalue weighted by atomic mass is 9.99. The lowest BCUT2D eigenvalue weighted by Gasteiger charge is -2.38. The van der Waals surface area contributed by atoms with Crippen molar-refractivity contribution < 1.29 is 27.9 Å². The van der Waals surface area contributed by atoms with E-state index in [0.717, 1.165) is 4.70 Å². The zero-order chi connectivity index (χ0) is 30.0. The Bertz CT molecular complexity index is 1680. The van der Waals surface area contributed by atoms with Crippen molar-refractivity contribution in [1.29, 1.82) is 0 Å². The van der Waals surface area contributed by atoms with Crippen LogP contribution in [0.15, 0.2) is 77.7 Å². The molecule has 0 saturated heterocycles. The maximum Gasteiger partial charge on any atom is 0.284 e. The summed E-state index contributed by atoms with van der Waals surface area (Å²) >= 11 is 1.25. The van der Waals surface area contributed by atoms with Gasteiger partial charge in [0.05, 0.1) is 45.6 Å². The van der Waals surface area contributed by atoms with Gasteiger partial charge < -0.3 is 20.1 Å². The molecule has 0 bridgehead atoms. The molecule has 0 aliphatic carbocycles. The molecule has 1 aromatic heterocycles. The normalized spacial score (nSPS) is 18.2. The first kappa shape index (κ1) is 29.6. The van der Waals surface area contributed by atoms with Crippen molar-refractivity contribution in [3.05, 3.63) is 83.4 Å². The highest BCUT2D eigenvalue weighted by atomic mass is 32.2. The van der Waals surface area contributed by atoms with Gasteiger partial charge in [0, 0.05) is 19.5 Å². The van der Waals surface area contributed by atoms with Crippen LogP contribution in [0.2, 0.25) is 0 Å². The summed E-state index contributed by atoms with van der Waals surface area (Å²) in [6.07, 6.45) is -0.700. The van der Waals surface area contributed by atoms with Crippen LogP contribution in [0.1, 0.15) is 34.0 Å². The van der Waals surface area contributed by atoms with Gasteiger partial charge in [-0.3, -0.25) is 9.59 Å². The first-order chi connectivity index (χ1) is 20.1. The highest BCUT2D eigenvalue weighted by Crippen LogP contribution is 2.36. The lowest BCUT2D eigenvalue weighted by molar-refractivity contribution is 0.0388. The zero-order valence-electron chi connectivity index (χ0n) is 23.4. The Labute approximate surface area is 248 Å². The van der Waals surface area contributed by atoms with Crippen LogP contribution in [0.4, 0.5) is 5.69 Å². The maximum absolute atomic E-state index is 13.7. The molecule has 220 valence electrons. The Balaban J connectivity index is 1.51. The molecule has 5 rings (SSSR count). The summed E-state index contributed by atoms with van der Waals surface area (Å²) in [6, 6.07) is 19.9. The number of anilines is 1. The van der Waals surface area contributed by atoms with Gasteiger partial charge in [-0.15, -0.1) is 11.3 Å². The molecule has 10 nitrogen and oxygen atoms in total. The number of carbonyl (C=O) groups is 2. The number of nitrogens with zero attached hydrogens (tertiary/aromatic N) is 3. The molecule has 0 saturated carbocycles.